The first-order valence-corrected chi connectivity index (χ1v) is 10.6. The monoisotopic (exact) mass is 464 g/mol. The smallest absolute Gasteiger partial charge is 0.0136 e. The molecule has 0 heterocycles. The van der Waals surface area contributed by atoms with Crippen LogP contribution in [0.2, 0.25) is 0 Å². The van der Waals surface area contributed by atoms with Crippen LogP contribution in [0, 0.1) is 9.49 Å². The molecule has 2 aromatic carbocycles. The molecule has 0 amide bonds. The average Bonchev–Trinajstić information content (AvgIpc) is 2.90. The highest BCUT2D eigenvalue weighted by Crippen LogP contribution is 2.53. The van der Waals surface area contributed by atoms with E-state index in [9.17, 15) is 0 Å². The quantitative estimate of drug-likeness (QED) is 0.500. The van der Waals surface area contributed by atoms with Crippen LogP contribution in [0.1, 0.15) is 43.4 Å². The van der Waals surface area contributed by atoms with Crippen LogP contribution in [0.3, 0.4) is 0 Å². The predicted molar refractivity (Wildman–Crippen MR) is 126 cm³/mol. The minimum atomic E-state index is 0.142. The summed E-state index contributed by atoms with van der Waals surface area (Å²) in [5.41, 5.74) is 5.36. The van der Waals surface area contributed by atoms with Crippen LogP contribution < -0.4 is 10.4 Å². The molecule has 2 aromatic rings. The van der Waals surface area contributed by atoms with Gasteiger partial charge in [0.1, 0.15) is 0 Å². The fourth-order valence-electron chi connectivity index (χ4n) is 4.58. The molecule has 27 heavy (non-hydrogen) atoms. The van der Waals surface area contributed by atoms with Gasteiger partial charge in [0.2, 0.25) is 0 Å². The van der Waals surface area contributed by atoms with Gasteiger partial charge < -0.3 is 0 Å². The van der Waals surface area contributed by atoms with Gasteiger partial charge in [-0.25, -0.2) is 0 Å². The average molecular weight is 464 g/mol. The van der Waals surface area contributed by atoms with Crippen molar-refractivity contribution in [2.45, 2.75) is 32.1 Å². The molecule has 4 rings (SSSR count). The summed E-state index contributed by atoms with van der Waals surface area (Å²) in [6, 6.07) is 13.5. The molecule has 136 valence electrons. The molecule has 0 bridgehead atoms. The van der Waals surface area contributed by atoms with Crippen molar-refractivity contribution in [2.24, 2.45) is 5.92 Å². The molecule has 0 saturated carbocycles. The Morgan fingerprint density at radius 3 is 2.59 bits per heavy atom. The van der Waals surface area contributed by atoms with Crippen molar-refractivity contribution in [1.82, 2.24) is 0 Å². The zero-order chi connectivity index (χ0) is 19.2. The van der Waals surface area contributed by atoms with Crippen LogP contribution in [-0.2, 0) is 5.41 Å². The summed E-state index contributed by atoms with van der Waals surface area (Å²) in [6.45, 7) is 11.2. The van der Waals surface area contributed by atoms with E-state index in [1.165, 1.54) is 30.7 Å². The van der Waals surface area contributed by atoms with Crippen LogP contribution in [0.15, 0.2) is 67.3 Å². The van der Waals surface area contributed by atoms with E-state index in [-0.39, 0.29) is 5.41 Å². The molecule has 2 aliphatic rings. The lowest BCUT2D eigenvalue weighted by Crippen LogP contribution is -2.25. The molecule has 2 aliphatic carbocycles. The SMILES string of the molecule is C=C(/C=c1/ccc(I)c/c1=C/C)c1ccc2c(c1)C(C)(C)C1C=CC=CC21. The van der Waals surface area contributed by atoms with Crippen molar-refractivity contribution in [3.63, 3.8) is 0 Å². The summed E-state index contributed by atoms with van der Waals surface area (Å²) in [6.07, 6.45) is 13.5. The summed E-state index contributed by atoms with van der Waals surface area (Å²) < 4.78 is 1.26. The van der Waals surface area contributed by atoms with Gasteiger partial charge in [0.15, 0.2) is 0 Å². The van der Waals surface area contributed by atoms with Gasteiger partial charge in [-0.05, 0) is 91.8 Å². The fourth-order valence-corrected chi connectivity index (χ4v) is 5.09. The van der Waals surface area contributed by atoms with E-state index >= 15 is 0 Å². The highest BCUT2D eigenvalue weighted by atomic mass is 127. The second-order valence-corrected chi connectivity index (χ2v) is 9.32. The van der Waals surface area contributed by atoms with Gasteiger partial charge in [-0.3, -0.25) is 0 Å². The van der Waals surface area contributed by atoms with Gasteiger partial charge in [0, 0.05) is 9.49 Å². The normalized spacial score (nSPS) is 23.4. The zero-order valence-electron chi connectivity index (χ0n) is 16.2. The van der Waals surface area contributed by atoms with E-state index in [1.807, 2.05) is 0 Å². The minimum absolute atomic E-state index is 0.142. The van der Waals surface area contributed by atoms with Crippen molar-refractivity contribution in [3.8, 4) is 0 Å². The fraction of sp³-hybridized carbons (Fsp3) is 0.231. The topological polar surface area (TPSA) is 0 Å². The van der Waals surface area contributed by atoms with E-state index in [2.05, 4.69) is 123 Å². The van der Waals surface area contributed by atoms with Gasteiger partial charge in [-0.15, -0.1) is 0 Å². The van der Waals surface area contributed by atoms with E-state index in [0.29, 0.717) is 11.8 Å². The molecule has 0 nitrogen and oxygen atoms in total. The number of rotatable bonds is 2. The maximum absolute atomic E-state index is 4.38. The molecular formula is C26H25I. The van der Waals surface area contributed by atoms with E-state index in [1.54, 1.807) is 0 Å². The van der Waals surface area contributed by atoms with Crippen molar-refractivity contribution < 1.29 is 0 Å². The van der Waals surface area contributed by atoms with Gasteiger partial charge >= 0.3 is 0 Å². The Morgan fingerprint density at radius 2 is 1.81 bits per heavy atom. The summed E-state index contributed by atoms with van der Waals surface area (Å²) >= 11 is 2.36. The maximum atomic E-state index is 4.38. The number of halogens is 1. The second kappa shape index (κ2) is 6.94. The lowest BCUT2D eigenvalue weighted by atomic mass is 9.74. The highest BCUT2D eigenvalue weighted by Gasteiger charge is 2.44. The van der Waals surface area contributed by atoms with Crippen LogP contribution in [-0.4, -0.2) is 0 Å². The van der Waals surface area contributed by atoms with E-state index < -0.39 is 0 Å². The first-order chi connectivity index (χ1) is 12.9. The Morgan fingerprint density at radius 1 is 1.04 bits per heavy atom. The van der Waals surface area contributed by atoms with Gasteiger partial charge in [-0.1, -0.05) is 75.1 Å². The Labute approximate surface area is 175 Å². The zero-order valence-corrected chi connectivity index (χ0v) is 18.3. The Hall–Kier alpha value is -1.87. The highest BCUT2D eigenvalue weighted by molar-refractivity contribution is 14.1. The van der Waals surface area contributed by atoms with Crippen LogP contribution in [0.25, 0.3) is 17.7 Å². The van der Waals surface area contributed by atoms with Crippen molar-refractivity contribution in [2.75, 3.05) is 0 Å². The van der Waals surface area contributed by atoms with Gasteiger partial charge in [-0.2, -0.15) is 0 Å². The Bertz CT molecular complexity index is 1100. The summed E-state index contributed by atoms with van der Waals surface area (Å²) in [4.78, 5) is 0. The largest absolute Gasteiger partial charge is 0.0911 e. The molecule has 0 N–H and O–H groups in total. The molecule has 0 radical (unpaired) electrons. The molecule has 1 heteroatoms. The van der Waals surface area contributed by atoms with Crippen LogP contribution in [0.5, 0.6) is 0 Å². The predicted octanol–water partition coefficient (Wildman–Crippen LogP) is 5.70. The maximum Gasteiger partial charge on any atom is 0.0136 e. The molecule has 0 aromatic heterocycles. The van der Waals surface area contributed by atoms with Gasteiger partial charge in [0.05, 0.1) is 0 Å². The molecule has 0 fully saturated rings. The van der Waals surface area contributed by atoms with Crippen molar-refractivity contribution in [1.29, 1.82) is 0 Å². The molecule has 2 unspecified atom stereocenters. The van der Waals surface area contributed by atoms with Crippen molar-refractivity contribution >= 4 is 40.3 Å². The second-order valence-electron chi connectivity index (χ2n) is 8.08. The van der Waals surface area contributed by atoms with Crippen molar-refractivity contribution in [3.05, 3.63) is 98.0 Å². The Balaban J connectivity index is 1.78. The van der Waals surface area contributed by atoms with E-state index in [0.717, 1.165) is 5.57 Å². The molecule has 0 saturated heterocycles. The first-order valence-electron chi connectivity index (χ1n) is 9.54. The number of benzene rings is 2. The standard InChI is InChI=1S/C26H25I/c1-5-18-15-21(27)12-10-20(18)14-17(2)19-11-13-23-22-8-6-7-9-24(22)26(3,4)25(23)16-19/h5-16,22,24H,2H2,1,3-4H3/b18-5-,20-14-. The molecule has 0 aliphatic heterocycles. The number of allylic oxidation sites excluding steroid dienone is 5. The number of fused-ring (bicyclic) bond motifs is 3. The van der Waals surface area contributed by atoms with Crippen LogP contribution >= 0.6 is 22.6 Å². The number of hydrogen-bond acceptors (Lipinski definition) is 0. The number of hydrogen-bond donors (Lipinski definition) is 0. The van der Waals surface area contributed by atoms with Gasteiger partial charge in [0.25, 0.3) is 0 Å². The lowest BCUT2D eigenvalue weighted by Gasteiger charge is -2.29. The first kappa shape index (κ1) is 18.5. The third-order valence-electron chi connectivity index (χ3n) is 6.14. The molecular weight excluding hydrogens is 439 g/mol. The lowest BCUT2D eigenvalue weighted by molar-refractivity contribution is 0.394. The summed E-state index contributed by atoms with van der Waals surface area (Å²) in [5, 5.41) is 2.48. The minimum Gasteiger partial charge on any atom is -0.0911 e. The summed E-state index contributed by atoms with van der Waals surface area (Å²) in [5.74, 6) is 1.05. The summed E-state index contributed by atoms with van der Waals surface area (Å²) in [7, 11) is 0. The molecule has 0 spiro atoms. The molecule has 2 atom stereocenters. The third-order valence-corrected chi connectivity index (χ3v) is 6.81. The van der Waals surface area contributed by atoms with Crippen LogP contribution in [0.4, 0.5) is 0 Å². The van der Waals surface area contributed by atoms with E-state index in [4.69, 9.17) is 0 Å². The Kier molecular flexibility index (Phi) is 4.75. The third kappa shape index (κ3) is 3.16.